The first-order valence-corrected chi connectivity index (χ1v) is 11.2. The van der Waals surface area contributed by atoms with E-state index in [0.29, 0.717) is 5.56 Å². The minimum atomic E-state index is -3.97. The zero-order valence-electron chi connectivity index (χ0n) is 17.1. The van der Waals surface area contributed by atoms with Gasteiger partial charge in [-0.15, -0.1) is 0 Å². The first-order chi connectivity index (χ1) is 14.9. The molecule has 0 aliphatic carbocycles. The summed E-state index contributed by atoms with van der Waals surface area (Å²) in [6, 6.07) is 24.3. The summed E-state index contributed by atoms with van der Waals surface area (Å²) in [5.41, 5.74) is 2.25. The van der Waals surface area contributed by atoms with Gasteiger partial charge >= 0.3 is 5.97 Å². The van der Waals surface area contributed by atoms with Crippen LogP contribution in [0.15, 0.2) is 89.8 Å². The largest absolute Gasteiger partial charge is 0.459 e. The second-order valence-corrected chi connectivity index (χ2v) is 8.55. The number of carbonyl (C=O) groups excluding carboxylic acids is 1. The van der Waals surface area contributed by atoms with Gasteiger partial charge in [0.25, 0.3) is 10.1 Å². The Morgan fingerprint density at radius 1 is 0.839 bits per heavy atom. The average Bonchev–Trinajstić information content (AvgIpc) is 2.80. The molecule has 7 heteroatoms. The van der Waals surface area contributed by atoms with Gasteiger partial charge in [-0.2, -0.15) is 8.42 Å². The van der Waals surface area contributed by atoms with E-state index in [0.717, 1.165) is 11.1 Å². The summed E-state index contributed by atoms with van der Waals surface area (Å²) in [7, 11) is -3.97. The molecule has 0 aliphatic heterocycles. The van der Waals surface area contributed by atoms with Crippen molar-refractivity contribution in [3.05, 3.63) is 102 Å². The Hall–Kier alpha value is -3.00. The number of ether oxygens (including phenoxy) is 2. The molecule has 0 unspecified atom stereocenters. The second-order valence-electron chi connectivity index (χ2n) is 6.93. The molecule has 0 saturated heterocycles. The van der Waals surface area contributed by atoms with Crippen LogP contribution in [-0.2, 0) is 30.4 Å². The summed E-state index contributed by atoms with van der Waals surface area (Å²) in [5.74, 6) is -0.518. The minimum Gasteiger partial charge on any atom is -0.459 e. The van der Waals surface area contributed by atoms with Crippen molar-refractivity contribution in [3.63, 3.8) is 0 Å². The van der Waals surface area contributed by atoms with Gasteiger partial charge in [0.1, 0.15) is 12.7 Å². The molecule has 31 heavy (non-hydrogen) atoms. The third kappa shape index (κ3) is 7.03. The van der Waals surface area contributed by atoms with E-state index in [4.69, 9.17) is 13.7 Å². The molecule has 0 heterocycles. The van der Waals surface area contributed by atoms with Gasteiger partial charge < -0.3 is 9.47 Å². The number of rotatable bonds is 10. The normalized spacial score (nSPS) is 12.3. The highest BCUT2D eigenvalue weighted by atomic mass is 32.2. The van der Waals surface area contributed by atoms with Crippen molar-refractivity contribution in [2.45, 2.75) is 24.5 Å². The molecule has 3 aromatic rings. The van der Waals surface area contributed by atoms with Gasteiger partial charge in [-0.05, 0) is 36.8 Å². The van der Waals surface area contributed by atoms with Gasteiger partial charge in [0, 0.05) is 0 Å². The van der Waals surface area contributed by atoms with Crippen LogP contribution < -0.4 is 0 Å². The highest BCUT2D eigenvalue weighted by Crippen LogP contribution is 2.15. The van der Waals surface area contributed by atoms with Crippen LogP contribution in [0, 0.1) is 6.92 Å². The van der Waals surface area contributed by atoms with E-state index >= 15 is 0 Å². The van der Waals surface area contributed by atoms with Crippen LogP contribution >= 0.6 is 0 Å². The second kappa shape index (κ2) is 10.9. The molecule has 0 saturated carbocycles. The summed E-state index contributed by atoms with van der Waals surface area (Å²) in [4.78, 5) is 12.3. The lowest BCUT2D eigenvalue weighted by molar-refractivity contribution is -0.0331. The summed E-state index contributed by atoms with van der Waals surface area (Å²) < 4.78 is 41.3. The zero-order chi connectivity index (χ0) is 22.1. The Balaban J connectivity index is 1.64. The molecule has 0 fully saturated rings. The van der Waals surface area contributed by atoms with Crippen LogP contribution in [0.2, 0.25) is 0 Å². The van der Waals surface area contributed by atoms with Crippen LogP contribution in [0.4, 0.5) is 0 Å². The molecular weight excluding hydrogens is 416 g/mol. The predicted octanol–water partition coefficient (Wildman–Crippen LogP) is 4.14. The Morgan fingerprint density at radius 2 is 1.45 bits per heavy atom. The van der Waals surface area contributed by atoms with Gasteiger partial charge in [0.2, 0.25) is 0 Å². The third-order valence-electron chi connectivity index (χ3n) is 4.46. The van der Waals surface area contributed by atoms with Crippen molar-refractivity contribution >= 4 is 16.1 Å². The molecule has 3 rings (SSSR count). The van der Waals surface area contributed by atoms with Crippen molar-refractivity contribution in [2.75, 3.05) is 13.2 Å². The fourth-order valence-electron chi connectivity index (χ4n) is 2.70. The number of carbonyl (C=O) groups is 1. The summed E-state index contributed by atoms with van der Waals surface area (Å²) in [6.07, 6.45) is -0.770. The molecule has 0 bridgehead atoms. The van der Waals surface area contributed by atoms with Crippen molar-refractivity contribution < 1.29 is 26.9 Å². The Kier molecular flexibility index (Phi) is 7.94. The Labute approximate surface area is 182 Å². The fraction of sp³-hybridized carbons (Fsp3) is 0.208. The number of hydrogen-bond donors (Lipinski definition) is 0. The number of esters is 1. The SMILES string of the molecule is Cc1ccc(S(=O)(=O)OC[C@H](COC(=O)c2ccccc2)OCc2ccccc2)cc1. The number of hydrogen-bond acceptors (Lipinski definition) is 6. The molecule has 0 aliphatic rings. The highest BCUT2D eigenvalue weighted by molar-refractivity contribution is 7.86. The third-order valence-corrected chi connectivity index (χ3v) is 5.75. The van der Waals surface area contributed by atoms with E-state index in [1.54, 1.807) is 42.5 Å². The smallest absolute Gasteiger partial charge is 0.338 e. The van der Waals surface area contributed by atoms with Crippen LogP contribution in [0.1, 0.15) is 21.5 Å². The molecule has 0 spiro atoms. The maximum atomic E-state index is 12.5. The monoisotopic (exact) mass is 440 g/mol. The lowest BCUT2D eigenvalue weighted by Crippen LogP contribution is -2.28. The lowest BCUT2D eigenvalue weighted by atomic mass is 10.2. The molecule has 3 aromatic carbocycles. The standard InChI is InChI=1S/C24H24O6S/c1-19-12-14-23(15-13-19)31(26,27)30-18-22(28-16-20-8-4-2-5-9-20)17-29-24(25)21-10-6-3-7-11-21/h2-15,22H,16-18H2,1H3/t22-/m0/s1. The lowest BCUT2D eigenvalue weighted by Gasteiger charge is -2.18. The molecule has 162 valence electrons. The fourth-order valence-corrected chi connectivity index (χ4v) is 3.63. The van der Waals surface area contributed by atoms with E-state index in [1.807, 2.05) is 37.3 Å². The Bertz CT molecular complexity index is 1060. The number of benzene rings is 3. The topological polar surface area (TPSA) is 78.9 Å². The van der Waals surface area contributed by atoms with Crippen LogP contribution in [0.5, 0.6) is 0 Å². The quantitative estimate of drug-likeness (QED) is 0.348. The van der Waals surface area contributed by atoms with E-state index in [9.17, 15) is 13.2 Å². The molecule has 0 amide bonds. The molecule has 6 nitrogen and oxygen atoms in total. The highest BCUT2D eigenvalue weighted by Gasteiger charge is 2.21. The van der Waals surface area contributed by atoms with E-state index in [-0.39, 0.29) is 24.7 Å². The van der Waals surface area contributed by atoms with Crippen molar-refractivity contribution in [1.29, 1.82) is 0 Å². The van der Waals surface area contributed by atoms with E-state index in [1.165, 1.54) is 12.1 Å². The maximum Gasteiger partial charge on any atom is 0.338 e. The number of aryl methyl sites for hydroxylation is 1. The van der Waals surface area contributed by atoms with E-state index < -0.39 is 22.2 Å². The maximum absolute atomic E-state index is 12.5. The molecule has 0 radical (unpaired) electrons. The average molecular weight is 441 g/mol. The van der Waals surface area contributed by atoms with Gasteiger partial charge in [-0.25, -0.2) is 4.79 Å². The van der Waals surface area contributed by atoms with Gasteiger partial charge in [-0.3, -0.25) is 4.18 Å². The van der Waals surface area contributed by atoms with Crippen molar-refractivity contribution in [3.8, 4) is 0 Å². The first kappa shape index (κ1) is 22.7. The molecular formula is C24H24O6S. The Morgan fingerprint density at radius 3 is 2.10 bits per heavy atom. The molecule has 0 aromatic heterocycles. The van der Waals surface area contributed by atoms with Crippen LogP contribution in [0.25, 0.3) is 0 Å². The molecule has 1 atom stereocenters. The predicted molar refractivity (Wildman–Crippen MR) is 116 cm³/mol. The summed E-state index contributed by atoms with van der Waals surface area (Å²) >= 11 is 0. The minimum absolute atomic E-state index is 0.0567. The van der Waals surface area contributed by atoms with Crippen LogP contribution in [0.3, 0.4) is 0 Å². The van der Waals surface area contributed by atoms with Crippen molar-refractivity contribution in [1.82, 2.24) is 0 Å². The zero-order valence-corrected chi connectivity index (χ0v) is 18.0. The van der Waals surface area contributed by atoms with Crippen molar-refractivity contribution in [2.24, 2.45) is 0 Å². The van der Waals surface area contributed by atoms with Gasteiger partial charge in [0.15, 0.2) is 0 Å². The van der Waals surface area contributed by atoms with Crippen LogP contribution in [-0.4, -0.2) is 33.7 Å². The van der Waals surface area contributed by atoms with Gasteiger partial charge in [-0.1, -0.05) is 66.2 Å². The summed E-state index contributed by atoms with van der Waals surface area (Å²) in [5, 5.41) is 0. The molecule has 0 N–H and O–H groups in total. The first-order valence-electron chi connectivity index (χ1n) is 9.78. The van der Waals surface area contributed by atoms with E-state index in [2.05, 4.69) is 0 Å². The summed E-state index contributed by atoms with van der Waals surface area (Å²) in [6.45, 7) is 1.66. The van der Waals surface area contributed by atoms with Gasteiger partial charge in [0.05, 0.1) is 23.7 Å².